The second kappa shape index (κ2) is 5.40. The summed E-state index contributed by atoms with van der Waals surface area (Å²) in [5.41, 5.74) is 1.27. The minimum Gasteiger partial charge on any atom is -0.496 e. The van der Waals surface area contributed by atoms with Crippen LogP contribution in [0.15, 0.2) is 24.3 Å². The summed E-state index contributed by atoms with van der Waals surface area (Å²) in [6, 6.07) is 8.18. The Morgan fingerprint density at radius 1 is 1.29 bits per heavy atom. The fraction of sp³-hybridized carbons (Fsp3) is 0.500. The molecule has 78 valence electrons. The molecular weight excluding hydrogens is 240 g/mol. The van der Waals surface area contributed by atoms with Crippen molar-refractivity contribution in [3.05, 3.63) is 29.8 Å². The van der Waals surface area contributed by atoms with Crippen LogP contribution in [0.25, 0.3) is 0 Å². The van der Waals surface area contributed by atoms with Gasteiger partial charge in [0.1, 0.15) is 5.75 Å². The van der Waals surface area contributed by atoms with E-state index < -0.39 is 0 Å². The van der Waals surface area contributed by atoms with E-state index in [1.165, 1.54) is 5.56 Å². The van der Waals surface area contributed by atoms with E-state index in [4.69, 9.17) is 4.74 Å². The van der Waals surface area contributed by atoms with E-state index in [0.29, 0.717) is 10.7 Å². The number of halogens is 1. The Balaban J connectivity index is 2.75. The maximum absolute atomic E-state index is 5.31. The molecule has 1 aromatic carbocycles. The topological polar surface area (TPSA) is 9.23 Å². The maximum atomic E-state index is 5.31. The molecule has 0 radical (unpaired) electrons. The average Bonchev–Trinajstić information content (AvgIpc) is 2.18. The fourth-order valence-electron chi connectivity index (χ4n) is 1.32. The number of rotatable bonds is 4. The van der Waals surface area contributed by atoms with Crippen molar-refractivity contribution in [1.82, 2.24) is 0 Å². The molecule has 0 spiro atoms. The molecule has 0 amide bonds. The summed E-state index contributed by atoms with van der Waals surface area (Å²) in [4.78, 5) is 0.513. The zero-order chi connectivity index (χ0) is 10.6. The quantitative estimate of drug-likeness (QED) is 0.748. The second-order valence-electron chi connectivity index (χ2n) is 3.78. The molecule has 1 aromatic rings. The SMILES string of the molecule is COc1ccccc1CC(Br)C(C)C. The maximum Gasteiger partial charge on any atom is 0.122 e. The van der Waals surface area contributed by atoms with Gasteiger partial charge in [0.15, 0.2) is 0 Å². The highest BCUT2D eigenvalue weighted by Crippen LogP contribution is 2.24. The third-order valence-corrected chi connectivity index (χ3v) is 3.71. The lowest BCUT2D eigenvalue weighted by molar-refractivity contribution is 0.408. The Labute approximate surface area is 94.6 Å². The van der Waals surface area contributed by atoms with Crippen LogP contribution in [0.3, 0.4) is 0 Å². The van der Waals surface area contributed by atoms with E-state index in [1.54, 1.807) is 7.11 Å². The van der Waals surface area contributed by atoms with Gasteiger partial charge < -0.3 is 4.74 Å². The monoisotopic (exact) mass is 256 g/mol. The van der Waals surface area contributed by atoms with Gasteiger partial charge in [-0.15, -0.1) is 0 Å². The fourth-order valence-corrected chi connectivity index (χ4v) is 1.67. The number of methoxy groups -OCH3 is 1. The molecule has 1 unspecified atom stereocenters. The zero-order valence-electron chi connectivity index (χ0n) is 8.96. The van der Waals surface area contributed by atoms with Crippen LogP contribution in [-0.2, 0) is 6.42 Å². The van der Waals surface area contributed by atoms with Crippen LogP contribution in [0.2, 0.25) is 0 Å². The molecule has 0 aliphatic heterocycles. The predicted octanol–water partition coefficient (Wildman–Crippen LogP) is 3.66. The number of para-hydroxylation sites is 1. The van der Waals surface area contributed by atoms with Crippen LogP contribution in [0.5, 0.6) is 5.75 Å². The molecule has 0 aliphatic carbocycles. The van der Waals surface area contributed by atoms with Crippen molar-refractivity contribution < 1.29 is 4.74 Å². The standard InChI is InChI=1S/C12H17BrO/c1-9(2)11(13)8-10-6-4-5-7-12(10)14-3/h4-7,9,11H,8H2,1-3H3. The van der Waals surface area contributed by atoms with Crippen molar-refractivity contribution >= 4 is 15.9 Å². The van der Waals surface area contributed by atoms with Crippen molar-refractivity contribution in [3.63, 3.8) is 0 Å². The van der Waals surface area contributed by atoms with Gasteiger partial charge in [-0.25, -0.2) is 0 Å². The summed E-state index contributed by atoms with van der Waals surface area (Å²) < 4.78 is 5.31. The summed E-state index contributed by atoms with van der Waals surface area (Å²) >= 11 is 3.69. The lowest BCUT2D eigenvalue weighted by Crippen LogP contribution is -2.11. The molecule has 1 rings (SSSR count). The number of hydrogen-bond acceptors (Lipinski definition) is 1. The highest BCUT2D eigenvalue weighted by atomic mass is 79.9. The average molecular weight is 257 g/mol. The molecule has 0 bridgehead atoms. The zero-order valence-corrected chi connectivity index (χ0v) is 10.5. The lowest BCUT2D eigenvalue weighted by atomic mass is 10.0. The highest BCUT2D eigenvalue weighted by Gasteiger charge is 2.12. The first kappa shape index (κ1) is 11.6. The van der Waals surface area contributed by atoms with E-state index in [9.17, 15) is 0 Å². The Morgan fingerprint density at radius 3 is 2.50 bits per heavy atom. The largest absolute Gasteiger partial charge is 0.496 e. The van der Waals surface area contributed by atoms with Crippen molar-refractivity contribution in [2.45, 2.75) is 25.1 Å². The van der Waals surface area contributed by atoms with Crippen LogP contribution in [0.1, 0.15) is 19.4 Å². The van der Waals surface area contributed by atoms with E-state index >= 15 is 0 Å². The molecule has 0 saturated heterocycles. The molecule has 0 fully saturated rings. The molecule has 0 saturated carbocycles. The number of benzene rings is 1. The van der Waals surface area contributed by atoms with Gasteiger partial charge >= 0.3 is 0 Å². The first-order chi connectivity index (χ1) is 6.65. The van der Waals surface area contributed by atoms with Crippen LogP contribution in [-0.4, -0.2) is 11.9 Å². The minimum absolute atomic E-state index is 0.513. The van der Waals surface area contributed by atoms with Crippen molar-refractivity contribution in [2.75, 3.05) is 7.11 Å². The first-order valence-corrected chi connectivity index (χ1v) is 5.82. The van der Waals surface area contributed by atoms with Gasteiger partial charge in [0.05, 0.1) is 7.11 Å². The van der Waals surface area contributed by atoms with Crippen molar-refractivity contribution in [1.29, 1.82) is 0 Å². The molecule has 0 aromatic heterocycles. The Morgan fingerprint density at radius 2 is 1.93 bits per heavy atom. The van der Waals surface area contributed by atoms with Crippen LogP contribution in [0.4, 0.5) is 0 Å². The molecule has 0 N–H and O–H groups in total. The third-order valence-electron chi connectivity index (χ3n) is 2.33. The van der Waals surface area contributed by atoms with Crippen molar-refractivity contribution in [2.24, 2.45) is 5.92 Å². The Hall–Kier alpha value is -0.500. The number of alkyl halides is 1. The van der Waals surface area contributed by atoms with Gasteiger partial charge in [-0.3, -0.25) is 0 Å². The van der Waals surface area contributed by atoms with Gasteiger partial charge in [0.25, 0.3) is 0 Å². The summed E-state index contributed by atoms with van der Waals surface area (Å²) in [6.07, 6.45) is 1.02. The van der Waals surface area contributed by atoms with Crippen LogP contribution < -0.4 is 4.74 Å². The van der Waals surface area contributed by atoms with Crippen LogP contribution in [0, 0.1) is 5.92 Å². The molecular formula is C12H17BrO. The van der Waals surface area contributed by atoms with E-state index in [0.717, 1.165) is 12.2 Å². The number of hydrogen-bond donors (Lipinski definition) is 0. The minimum atomic E-state index is 0.513. The molecule has 2 heteroatoms. The third kappa shape index (κ3) is 3.02. The van der Waals surface area contributed by atoms with Gasteiger partial charge in [-0.1, -0.05) is 48.0 Å². The number of ether oxygens (including phenoxy) is 1. The predicted molar refractivity (Wildman–Crippen MR) is 64.3 cm³/mol. The van der Waals surface area contributed by atoms with Gasteiger partial charge in [-0.2, -0.15) is 0 Å². The van der Waals surface area contributed by atoms with Gasteiger partial charge in [0.2, 0.25) is 0 Å². The molecule has 1 atom stereocenters. The molecule has 1 nitrogen and oxygen atoms in total. The van der Waals surface area contributed by atoms with Crippen LogP contribution >= 0.6 is 15.9 Å². The summed E-state index contributed by atoms with van der Waals surface area (Å²) in [7, 11) is 1.72. The Bertz CT molecular complexity index is 283. The van der Waals surface area contributed by atoms with Gasteiger partial charge in [-0.05, 0) is 24.0 Å². The summed E-state index contributed by atoms with van der Waals surface area (Å²) in [5, 5.41) is 0. The smallest absolute Gasteiger partial charge is 0.122 e. The normalized spacial score (nSPS) is 12.9. The Kier molecular flexibility index (Phi) is 4.46. The van der Waals surface area contributed by atoms with Crippen molar-refractivity contribution in [3.8, 4) is 5.75 Å². The molecule has 0 aliphatic rings. The van der Waals surface area contributed by atoms with E-state index in [1.807, 2.05) is 12.1 Å². The lowest BCUT2D eigenvalue weighted by Gasteiger charge is -2.15. The van der Waals surface area contributed by atoms with Gasteiger partial charge in [0, 0.05) is 4.83 Å². The van der Waals surface area contributed by atoms with E-state index in [2.05, 4.69) is 41.9 Å². The first-order valence-electron chi connectivity index (χ1n) is 4.91. The summed E-state index contributed by atoms with van der Waals surface area (Å²) in [6.45, 7) is 4.43. The highest BCUT2D eigenvalue weighted by molar-refractivity contribution is 9.09. The molecule has 14 heavy (non-hydrogen) atoms. The second-order valence-corrected chi connectivity index (χ2v) is 4.95. The summed E-state index contributed by atoms with van der Waals surface area (Å²) in [5.74, 6) is 1.62. The molecule has 0 heterocycles. The van der Waals surface area contributed by atoms with E-state index in [-0.39, 0.29) is 0 Å².